The van der Waals surface area contributed by atoms with Crippen molar-refractivity contribution in [2.75, 3.05) is 30.3 Å². The Morgan fingerprint density at radius 2 is 2.12 bits per heavy atom. The van der Waals surface area contributed by atoms with Gasteiger partial charge in [0.1, 0.15) is 16.5 Å². The first-order chi connectivity index (χ1) is 12.7. The lowest BCUT2D eigenvalue weighted by atomic mass is 10.1. The van der Waals surface area contributed by atoms with E-state index in [4.69, 9.17) is 5.73 Å². The van der Waals surface area contributed by atoms with E-state index in [0.717, 1.165) is 31.9 Å². The van der Waals surface area contributed by atoms with Crippen LogP contribution in [0.25, 0.3) is 0 Å². The van der Waals surface area contributed by atoms with Crippen LogP contribution >= 0.6 is 23.1 Å². The van der Waals surface area contributed by atoms with Gasteiger partial charge in [0.25, 0.3) is 5.91 Å². The van der Waals surface area contributed by atoms with Gasteiger partial charge in [0.05, 0.1) is 6.54 Å². The number of nitrogens with one attached hydrogen (secondary N) is 1. The fourth-order valence-corrected chi connectivity index (χ4v) is 5.18. The van der Waals surface area contributed by atoms with Gasteiger partial charge in [0.2, 0.25) is 5.13 Å². The molecule has 0 saturated carbocycles. The van der Waals surface area contributed by atoms with Crippen LogP contribution in [-0.4, -0.2) is 61.2 Å². The lowest BCUT2D eigenvalue weighted by Crippen LogP contribution is -2.39. The molecule has 2 aliphatic rings. The quantitative estimate of drug-likeness (QED) is 0.799. The molecule has 2 aliphatic heterocycles. The topological polar surface area (TPSA) is 102 Å². The van der Waals surface area contributed by atoms with Crippen molar-refractivity contribution in [2.24, 2.45) is 0 Å². The van der Waals surface area contributed by atoms with Crippen molar-refractivity contribution >= 4 is 34.1 Å². The molecule has 3 N–H and O–H groups in total. The van der Waals surface area contributed by atoms with Crippen molar-refractivity contribution in [1.82, 2.24) is 30.0 Å². The summed E-state index contributed by atoms with van der Waals surface area (Å²) in [5.41, 5.74) is 6.03. The van der Waals surface area contributed by atoms with Gasteiger partial charge in [0.15, 0.2) is 0 Å². The minimum absolute atomic E-state index is 0.180. The highest BCUT2D eigenvalue weighted by molar-refractivity contribution is 7.99. The summed E-state index contributed by atoms with van der Waals surface area (Å²) in [5.74, 6) is 3.37. The first kappa shape index (κ1) is 17.7. The Balaban J connectivity index is 1.35. The highest BCUT2D eigenvalue weighted by Gasteiger charge is 2.25. The molecule has 0 unspecified atom stereocenters. The van der Waals surface area contributed by atoms with E-state index in [2.05, 4.69) is 41.7 Å². The highest BCUT2D eigenvalue weighted by Crippen LogP contribution is 2.23. The summed E-state index contributed by atoms with van der Waals surface area (Å²) < 4.78 is 2.13. The standard InChI is InChI=1S/C16H23N7OS2/c17-16-21-20-14(26-16)9-18-15(24)12-10-23-6-5-22(4-1-13(23)19-12)11-2-7-25-8-3-11/h10-11H,1-9H2,(H2,17,21)(H,18,24). The zero-order valence-corrected chi connectivity index (χ0v) is 16.2. The van der Waals surface area contributed by atoms with Gasteiger partial charge in [-0.2, -0.15) is 11.8 Å². The molecule has 4 rings (SSSR count). The third kappa shape index (κ3) is 4.02. The number of thioether (sulfide) groups is 1. The van der Waals surface area contributed by atoms with Crippen molar-refractivity contribution in [3.05, 3.63) is 22.7 Å². The molecule has 8 nitrogen and oxygen atoms in total. The number of carbonyl (C=O) groups is 1. The molecule has 0 bridgehead atoms. The van der Waals surface area contributed by atoms with E-state index in [9.17, 15) is 4.79 Å². The SMILES string of the molecule is Nc1nnc(CNC(=O)c2cn3c(n2)CCN(C2CCSCC2)CC3)s1. The zero-order chi connectivity index (χ0) is 17.9. The molecular formula is C16H23N7OS2. The number of anilines is 1. The monoisotopic (exact) mass is 393 g/mol. The van der Waals surface area contributed by atoms with Crippen LogP contribution < -0.4 is 11.1 Å². The van der Waals surface area contributed by atoms with Crippen molar-refractivity contribution in [1.29, 1.82) is 0 Å². The molecule has 0 aliphatic carbocycles. The van der Waals surface area contributed by atoms with Crippen LogP contribution in [0.3, 0.4) is 0 Å². The molecule has 4 heterocycles. The normalized spacial score (nSPS) is 19.1. The predicted molar refractivity (Wildman–Crippen MR) is 103 cm³/mol. The molecule has 0 atom stereocenters. The maximum Gasteiger partial charge on any atom is 0.271 e. The van der Waals surface area contributed by atoms with E-state index in [-0.39, 0.29) is 5.91 Å². The molecule has 0 spiro atoms. The summed E-state index contributed by atoms with van der Waals surface area (Å²) in [4.78, 5) is 19.5. The van der Waals surface area contributed by atoms with Gasteiger partial charge in [-0.3, -0.25) is 9.69 Å². The number of amides is 1. The molecule has 2 aromatic rings. The van der Waals surface area contributed by atoms with E-state index in [0.29, 0.717) is 28.4 Å². The molecule has 26 heavy (non-hydrogen) atoms. The van der Waals surface area contributed by atoms with Crippen LogP contribution in [0.1, 0.15) is 34.2 Å². The largest absolute Gasteiger partial charge is 0.374 e. The van der Waals surface area contributed by atoms with Gasteiger partial charge in [-0.1, -0.05) is 11.3 Å². The Bertz CT molecular complexity index is 743. The van der Waals surface area contributed by atoms with E-state index >= 15 is 0 Å². The van der Waals surface area contributed by atoms with Gasteiger partial charge >= 0.3 is 0 Å². The lowest BCUT2D eigenvalue weighted by molar-refractivity contribution is 0.0946. The number of nitrogen functional groups attached to an aromatic ring is 1. The zero-order valence-electron chi connectivity index (χ0n) is 14.6. The smallest absolute Gasteiger partial charge is 0.271 e. The van der Waals surface area contributed by atoms with Crippen LogP contribution in [-0.2, 0) is 19.5 Å². The molecule has 0 aromatic carbocycles. The number of rotatable bonds is 4. The molecule has 140 valence electrons. The molecular weight excluding hydrogens is 370 g/mol. The summed E-state index contributed by atoms with van der Waals surface area (Å²) >= 11 is 3.34. The number of nitrogens with zero attached hydrogens (tertiary/aromatic N) is 5. The summed E-state index contributed by atoms with van der Waals surface area (Å²) in [6.07, 6.45) is 5.34. The van der Waals surface area contributed by atoms with E-state index in [1.54, 1.807) is 0 Å². The van der Waals surface area contributed by atoms with Gasteiger partial charge in [-0.15, -0.1) is 10.2 Å². The maximum absolute atomic E-state index is 12.4. The summed E-state index contributed by atoms with van der Waals surface area (Å²) in [6.45, 7) is 3.27. The number of hydrogen-bond donors (Lipinski definition) is 2. The molecule has 1 amide bonds. The highest BCUT2D eigenvalue weighted by atomic mass is 32.2. The Labute approximate surface area is 160 Å². The molecule has 10 heteroatoms. The minimum Gasteiger partial charge on any atom is -0.374 e. The lowest BCUT2D eigenvalue weighted by Gasteiger charge is -2.32. The third-order valence-corrected chi connectivity index (χ3v) is 6.73. The van der Waals surface area contributed by atoms with E-state index < -0.39 is 0 Å². The predicted octanol–water partition coefficient (Wildman–Crippen LogP) is 1.00. The van der Waals surface area contributed by atoms with Crippen molar-refractivity contribution in [3.63, 3.8) is 0 Å². The number of hydrogen-bond acceptors (Lipinski definition) is 8. The number of imidazole rings is 1. The van der Waals surface area contributed by atoms with Crippen LogP contribution in [0.15, 0.2) is 6.20 Å². The second-order valence-corrected chi connectivity index (χ2v) is 8.90. The fourth-order valence-electron chi connectivity index (χ4n) is 3.55. The second kappa shape index (κ2) is 7.93. The van der Waals surface area contributed by atoms with Crippen molar-refractivity contribution in [2.45, 2.75) is 38.4 Å². The molecule has 0 radical (unpaired) electrons. The second-order valence-electron chi connectivity index (χ2n) is 6.58. The van der Waals surface area contributed by atoms with Crippen molar-refractivity contribution in [3.8, 4) is 0 Å². The number of fused-ring (bicyclic) bond motifs is 1. The fraction of sp³-hybridized carbons (Fsp3) is 0.625. The summed E-state index contributed by atoms with van der Waals surface area (Å²) in [7, 11) is 0. The van der Waals surface area contributed by atoms with E-state index in [1.807, 2.05) is 6.20 Å². The Morgan fingerprint density at radius 3 is 2.88 bits per heavy atom. The van der Waals surface area contributed by atoms with Gasteiger partial charge in [-0.05, 0) is 24.3 Å². The van der Waals surface area contributed by atoms with Gasteiger partial charge < -0.3 is 15.6 Å². The molecule has 1 saturated heterocycles. The van der Waals surface area contributed by atoms with Gasteiger partial charge in [-0.25, -0.2) is 4.98 Å². The number of aromatic nitrogens is 4. The Hall–Kier alpha value is -1.65. The molecule has 2 aromatic heterocycles. The Morgan fingerprint density at radius 1 is 1.27 bits per heavy atom. The minimum atomic E-state index is -0.180. The first-order valence-corrected chi connectivity index (χ1v) is 10.9. The number of nitrogens with two attached hydrogens (primary N) is 1. The van der Waals surface area contributed by atoms with Crippen LogP contribution in [0, 0.1) is 0 Å². The molecule has 1 fully saturated rings. The van der Waals surface area contributed by atoms with E-state index in [1.165, 1.54) is 35.7 Å². The summed E-state index contributed by atoms with van der Waals surface area (Å²) in [5, 5.41) is 11.6. The van der Waals surface area contributed by atoms with Crippen LogP contribution in [0.5, 0.6) is 0 Å². The Kier molecular flexibility index (Phi) is 5.41. The third-order valence-electron chi connectivity index (χ3n) is 4.93. The number of carbonyl (C=O) groups excluding carboxylic acids is 1. The summed E-state index contributed by atoms with van der Waals surface area (Å²) in [6, 6.07) is 0.711. The van der Waals surface area contributed by atoms with Crippen molar-refractivity contribution < 1.29 is 4.79 Å². The average Bonchev–Trinajstić information content (AvgIpc) is 3.22. The first-order valence-electron chi connectivity index (χ1n) is 8.93. The maximum atomic E-state index is 12.4. The average molecular weight is 394 g/mol. The van der Waals surface area contributed by atoms with Crippen LogP contribution in [0.2, 0.25) is 0 Å². The van der Waals surface area contributed by atoms with Crippen LogP contribution in [0.4, 0.5) is 5.13 Å². The van der Waals surface area contributed by atoms with Gasteiger partial charge in [0, 0.05) is 38.3 Å².